The average Bonchev–Trinajstić information content (AvgIpc) is 3.12. The van der Waals surface area contributed by atoms with Crippen LogP contribution in [0.2, 0.25) is 0 Å². The number of aromatic carboxylic acids is 1. The minimum Gasteiger partial charge on any atom is -0.478 e. The Hall–Kier alpha value is -2.30. The van der Waals surface area contributed by atoms with E-state index >= 15 is 0 Å². The van der Waals surface area contributed by atoms with Crippen molar-refractivity contribution in [3.8, 4) is 0 Å². The summed E-state index contributed by atoms with van der Waals surface area (Å²) in [6, 6.07) is 6.47. The third kappa shape index (κ3) is 3.62. The van der Waals surface area contributed by atoms with Crippen LogP contribution in [0.3, 0.4) is 0 Å². The first-order valence-electron chi connectivity index (χ1n) is 7.66. The molecule has 10 heteroatoms. The molecule has 0 bridgehead atoms. The normalized spacial score (nSPS) is 15.8. The number of carboxylic acids is 1. The molecule has 1 N–H and O–H groups in total. The molecular weight excluding hydrogens is 383 g/mol. The summed E-state index contributed by atoms with van der Waals surface area (Å²) in [5.74, 6) is -2.05. The molecule has 0 saturated carbocycles. The van der Waals surface area contributed by atoms with Crippen LogP contribution in [0.5, 0.6) is 0 Å². The van der Waals surface area contributed by atoms with E-state index in [0.717, 1.165) is 23.5 Å². The number of amides is 1. The fourth-order valence-corrected chi connectivity index (χ4v) is 5.36. The Morgan fingerprint density at radius 3 is 2.35 bits per heavy atom. The van der Waals surface area contributed by atoms with Gasteiger partial charge in [-0.3, -0.25) is 4.79 Å². The quantitative estimate of drug-likeness (QED) is 0.846. The SMILES string of the molecule is O=C(O)c1csc(S(=O)(=O)N2CCN(C(=O)c3cccc(F)c3)CC2)c1. The Morgan fingerprint density at radius 1 is 1.08 bits per heavy atom. The standard InChI is InChI=1S/C16H15FN2O5S2/c17-13-3-1-2-11(8-13)15(20)18-4-6-19(7-5-18)26(23,24)14-9-12(10-25-14)16(21)22/h1-3,8-10H,4-7H2,(H,21,22). The van der Waals surface area contributed by atoms with Crippen molar-refractivity contribution in [2.45, 2.75) is 4.21 Å². The Labute approximate surface area is 153 Å². The van der Waals surface area contributed by atoms with Gasteiger partial charge in [-0.2, -0.15) is 4.31 Å². The number of halogens is 1. The lowest BCUT2D eigenvalue weighted by Gasteiger charge is -2.33. The summed E-state index contributed by atoms with van der Waals surface area (Å²) < 4.78 is 39.7. The van der Waals surface area contributed by atoms with Crippen LogP contribution in [0.15, 0.2) is 39.9 Å². The van der Waals surface area contributed by atoms with Crippen LogP contribution in [0.4, 0.5) is 4.39 Å². The van der Waals surface area contributed by atoms with Crippen LogP contribution in [-0.4, -0.2) is 60.8 Å². The Kier molecular flexibility index (Phi) is 5.08. The first-order valence-corrected chi connectivity index (χ1v) is 9.98. The first kappa shape index (κ1) is 18.5. The zero-order valence-electron chi connectivity index (χ0n) is 13.5. The van der Waals surface area contributed by atoms with Crippen LogP contribution in [0.1, 0.15) is 20.7 Å². The van der Waals surface area contributed by atoms with Gasteiger partial charge in [0, 0.05) is 37.1 Å². The molecule has 1 amide bonds. The lowest BCUT2D eigenvalue weighted by molar-refractivity contribution is 0.0688. The number of thiophene rings is 1. The van der Waals surface area contributed by atoms with Crippen LogP contribution < -0.4 is 0 Å². The summed E-state index contributed by atoms with van der Waals surface area (Å²) in [7, 11) is -3.80. The predicted molar refractivity (Wildman–Crippen MR) is 92.3 cm³/mol. The van der Waals surface area contributed by atoms with E-state index in [1.54, 1.807) is 0 Å². The molecule has 1 fully saturated rings. The number of carbonyl (C=O) groups excluding carboxylic acids is 1. The Bertz CT molecular complexity index is 949. The number of piperazine rings is 1. The number of carboxylic acid groups (broad SMARTS) is 1. The minimum absolute atomic E-state index is 0.0418. The van der Waals surface area contributed by atoms with E-state index in [2.05, 4.69) is 0 Å². The minimum atomic E-state index is -3.80. The number of benzene rings is 1. The van der Waals surface area contributed by atoms with Gasteiger partial charge in [0.05, 0.1) is 5.56 Å². The van der Waals surface area contributed by atoms with Crippen LogP contribution >= 0.6 is 11.3 Å². The van der Waals surface area contributed by atoms with Gasteiger partial charge in [0.1, 0.15) is 10.0 Å². The molecular formula is C16H15FN2O5S2. The third-order valence-corrected chi connectivity index (χ3v) is 7.33. The second-order valence-electron chi connectivity index (χ2n) is 5.67. The van der Waals surface area contributed by atoms with E-state index < -0.39 is 21.8 Å². The Morgan fingerprint density at radius 2 is 1.77 bits per heavy atom. The molecule has 26 heavy (non-hydrogen) atoms. The van der Waals surface area contributed by atoms with E-state index in [1.165, 1.54) is 32.8 Å². The largest absolute Gasteiger partial charge is 0.478 e. The summed E-state index contributed by atoms with van der Waals surface area (Å²) in [6.07, 6.45) is 0. The van der Waals surface area contributed by atoms with Gasteiger partial charge in [-0.15, -0.1) is 11.3 Å². The molecule has 1 aromatic heterocycles. The molecule has 2 heterocycles. The summed E-state index contributed by atoms with van der Waals surface area (Å²) in [5.41, 5.74) is 0.138. The molecule has 1 saturated heterocycles. The second kappa shape index (κ2) is 7.14. The van der Waals surface area contributed by atoms with Gasteiger partial charge in [0.15, 0.2) is 0 Å². The van der Waals surface area contributed by atoms with E-state index in [9.17, 15) is 22.4 Å². The highest BCUT2D eigenvalue weighted by atomic mass is 32.2. The number of carbonyl (C=O) groups is 2. The summed E-state index contributed by atoms with van der Waals surface area (Å²) in [4.78, 5) is 24.8. The highest BCUT2D eigenvalue weighted by Gasteiger charge is 2.31. The number of sulfonamides is 1. The van der Waals surface area contributed by atoms with E-state index in [1.807, 2.05) is 0 Å². The molecule has 1 aromatic carbocycles. The molecule has 0 radical (unpaired) electrons. The number of nitrogens with zero attached hydrogens (tertiary/aromatic N) is 2. The monoisotopic (exact) mass is 398 g/mol. The number of hydrogen-bond donors (Lipinski definition) is 1. The molecule has 1 aliphatic rings. The van der Waals surface area contributed by atoms with Gasteiger partial charge >= 0.3 is 5.97 Å². The van der Waals surface area contributed by atoms with E-state index in [0.29, 0.717) is 0 Å². The lowest BCUT2D eigenvalue weighted by atomic mass is 10.2. The summed E-state index contributed by atoms with van der Waals surface area (Å²) in [6.45, 7) is 0.519. The summed E-state index contributed by atoms with van der Waals surface area (Å²) in [5, 5.41) is 10.2. The van der Waals surface area contributed by atoms with Crippen molar-refractivity contribution in [2.24, 2.45) is 0 Å². The maximum absolute atomic E-state index is 13.3. The topological polar surface area (TPSA) is 95.0 Å². The van der Waals surface area contributed by atoms with Crippen molar-refractivity contribution in [1.29, 1.82) is 0 Å². The van der Waals surface area contributed by atoms with Crippen molar-refractivity contribution >= 4 is 33.2 Å². The molecule has 1 aliphatic heterocycles. The molecule has 2 aromatic rings. The predicted octanol–water partition coefficient (Wildman–Crippen LogP) is 1.73. The smallest absolute Gasteiger partial charge is 0.336 e. The zero-order valence-corrected chi connectivity index (χ0v) is 15.1. The molecule has 3 rings (SSSR count). The van der Waals surface area contributed by atoms with Crippen LogP contribution in [0.25, 0.3) is 0 Å². The van der Waals surface area contributed by atoms with Gasteiger partial charge in [-0.1, -0.05) is 6.07 Å². The van der Waals surface area contributed by atoms with E-state index in [4.69, 9.17) is 5.11 Å². The van der Waals surface area contributed by atoms with Crippen molar-refractivity contribution in [3.63, 3.8) is 0 Å². The molecule has 0 spiro atoms. The zero-order chi connectivity index (χ0) is 18.9. The fourth-order valence-electron chi connectivity index (χ4n) is 2.63. The van der Waals surface area contributed by atoms with Crippen molar-refractivity contribution < 1.29 is 27.5 Å². The van der Waals surface area contributed by atoms with Gasteiger partial charge < -0.3 is 10.0 Å². The van der Waals surface area contributed by atoms with E-state index in [-0.39, 0.29) is 47.4 Å². The van der Waals surface area contributed by atoms with Gasteiger partial charge in [0.25, 0.3) is 15.9 Å². The highest BCUT2D eigenvalue weighted by Crippen LogP contribution is 2.25. The highest BCUT2D eigenvalue weighted by molar-refractivity contribution is 7.91. The lowest BCUT2D eigenvalue weighted by Crippen LogP contribution is -2.50. The maximum Gasteiger partial charge on any atom is 0.336 e. The van der Waals surface area contributed by atoms with Crippen LogP contribution in [-0.2, 0) is 10.0 Å². The maximum atomic E-state index is 13.3. The van der Waals surface area contributed by atoms with Crippen LogP contribution in [0, 0.1) is 5.82 Å². The summed E-state index contributed by atoms with van der Waals surface area (Å²) >= 11 is 0.851. The average molecular weight is 398 g/mol. The molecule has 138 valence electrons. The second-order valence-corrected chi connectivity index (χ2v) is 8.74. The third-order valence-electron chi connectivity index (χ3n) is 4.01. The molecule has 0 atom stereocenters. The molecule has 0 aliphatic carbocycles. The van der Waals surface area contributed by atoms with Gasteiger partial charge in [-0.05, 0) is 24.3 Å². The van der Waals surface area contributed by atoms with Gasteiger partial charge in [-0.25, -0.2) is 17.6 Å². The molecule has 0 unspecified atom stereocenters. The number of hydrogen-bond acceptors (Lipinski definition) is 5. The van der Waals surface area contributed by atoms with Crippen molar-refractivity contribution in [2.75, 3.05) is 26.2 Å². The Balaban J connectivity index is 1.69. The molecule has 7 nitrogen and oxygen atoms in total. The number of rotatable bonds is 4. The van der Waals surface area contributed by atoms with Crippen molar-refractivity contribution in [1.82, 2.24) is 9.21 Å². The van der Waals surface area contributed by atoms with Crippen molar-refractivity contribution in [3.05, 3.63) is 52.7 Å². The first-order chi connectivity index (χ1) is 12.3. The fraction of sp³-hybridized carbons (Fsp3) is 0.250. The van der Waals surface area contributed by atoms with Gasteiger partial charge in [0.2, 0.25) is 0 Å².